The second-order valence-electron chi connectivity index (χ2n) is 6.67. The molecule has 0 aliphatic carbocycles. The van der Waals surface area contributed by atoms with E-state index in [1.807, 2.05) is 18.2 Å². The normalized spacial score (nSPS) is 22.7. The Hall–Kier alpha value is -1.81. The summed E-state index contributed by atoms with van der Waals surface area (Å²) in [4.78, 5) is 6.83. The summed E-state index contributed by atoms with van der Waals surface area (Å²) in [5.74, 6) is 0. The van der Waals surface area contributed by atoms with Crippen molar-refractivity contribution in [2.75, 3.05) is 39.4 Å². The Kier molecular flexibility index (Phi) is 5.03. The second-order valence-corrected chi connectivity index (χ2v) is 8.61. The Labute approximate surface area is 153 Å². The summed E-state index contributed by atoms with van der Waals surface area (Å²) in [5.41, 5.74) is 1.00. The zero-order valence-corrected chi connectivity index (χ0v) is 15.4. The van der Waals surface area contributed by atoms with E-state index < -0.39 is 10.0 Å². The molecule has 2 fully saturated rings. The van der Waals surface area contributed by atoms with Crippen LogP contribution in [0.25, 0.3) is 0 Å². The van der Waals surface area contributed by atoms with Crippen molar-refractivity contribution in [3.05, 3.63) is 42.5 Å². The molecule has 0 spiro atoms. The summed E-state index contributed by atoms with van der Waals surface area (Å²) >= 11 is 0. The Morgan fingerprint density at radius 2 is 2.04 bits per heavy atom. The van der Waals surface area contributed by atoms with Crippen molar-refractivity contribution in [1.82, 2.24) is 24.0 Å². The van der Waals surface area contributed by atoms with Gasteiger partial charge in [0.05, 0.1) is 24.5 Å². The lowest BCUT2D eigenvalue weighted by Gasteiger charge is -2.33. The summed E-state index contributed by atoms with van der Waals surface area (Å²) < 4.78 is 34.4. The first-order chi connectivity index (χ1) is 12.6. The van der Waals surface area contributed by atoms with Crippen molar-refractivity contribution in [2.45, 2.75) is 23.9 Å². The predicted molar refractivity (Wildman–Crippen MR) is 95.0 cm³/mol. The van der Waals surface area contributed by atoms with Crippen molar-refractivity contribution >= 4 is 10.0 Å². The predicted octanol–water partition coefficient (Wildman–Crippen LogP) is 0.746. The first-order valence-corrected chi connectivity index (χ1v) is 10.3. The van der Waals surface area contributed by atoms with Gasteiger partial charge in [0, 0.05) is 51.7 Å². The number of nitrogens with zero attached hydrogens (tertiary/aromatic N) is 5. The highest BCUT2D eigenvalue weighted by Crippen LogP contribution is 2.22. The quantitative estimate of drug-likeness (QED) is 0.765. The van der Waals surface area contributed by atoms with Gasteiger partial charge in [-0.2, -0.15) is 9.40 Å². The molecule has 0 bridgehead atoms. The van der Waals surface area contributed by atoms with Gasteiger partial charge in [0.2, 0.25) is 10.0 Å². The number of pyridine rings is 1. The minimum absolute atomic E-state index is 0.133. The van der Waals surface area contributed by atoms with Gasteiger partial charge in [0.15, 0.2) is 0 Å². The van der Waals surface area contributed by atoms with Crippen molar-refractivity contribution in [1.29, 1.82) is 0 Å². The van der Waals surface area contributed by atoms with Crippen LogP contribution >= 0.6 is 0 Å². The summed E-state index contributed by atoms with van der Waals surface area (Å²) in [7, 11) is -3.50. The van der Waals surface area contributed by atoms with Crippen LogP contribution < -0.4 is 0 Å². The van der Waals surface area contributed by atoms with Crippen LogP contribution in [0.1, 0.15) is 18.2 Å². The molecule has 8 nitrogen and oxygen atoms in total. The van der Waals surface area contributed by atoms with E-state index in [1.165, 1.54) is 6.20 Å². The van der Waals surface area contributed by atoms with Gasteiger partial charge in [0.1, 0.15) is 4.90 Å². The monoisotopic (exact) mass is 377 g/mol. The molecule has 2 aromatic heterocycles. The molecule has 2 saturated heterocycles. The molecule has 4 rings (SSSR count). The fourth-order valence-corrected chi connectivity index (χ4v) is 4.75. The third-order valence-electron chi connectivity index (χ3n) is 4.94. The molecule has 0 radical (unpaired) electrons. The summed E-state index contributed by atoms with van der Waals surface area (Å²) in [6, 6.07) is 5.99. The van der Waals surface area contributed by atoms with Gasteiger partial charge in [-0.25, -0.2) is 8.42 Å². The third-order valence-corrected chi connectivity index (χ3v) is 6.79. The van der Waals surface area contributed by atoms with E-state index in [9.17, 15) is 8.42 Å². The highest BCUT2D eigenvalue weighted by molar-refractivity contribution is 7.89. The molecule has 0 saturated carbocycles. The number of hydrogen-bond donors (Lipinski definition) is 0. The molecule has 2 aliphatic rings. The van der Waals surface area contributed by atoms with E-state index in [0.29, 0.717) is 39.4 Å². The van der Waals surface area contributed by atoms with Crippen molar-refractivity contribution in [3.8, 4) is 0 Å². The molecule has 1 unspecified atom stereocenters. The van der Waals surface area contributed by atoms with Crippen molar-refractivity contribution in [3.63, 3.8) is 0 Å². The highest BCUT2D eigenvalue weighted by atomic mass is 32.2. The smallest absolute Gasteiger partial charge is 0.246 e. The molecule has 140 valence electrons. The van der Waals surface area contributed by atoms with Gasteiger partial charge in [0.25, 0.3) is 0 Å². The summed E-state index contributed by atoms with van der Waals surface area (Å²) in [5, 5.41) is 4.24. The Bertz CT molecular complexity index is 825. The molecule has 9 heteroatoms. The van der Waals surface area contributed by atoms with Crippen LogP contribution in [0.5, 0.6) is 0 Å². The van der Waals surface area contributed by atoms with Crippen LogP contribution in [-0.4, -0.2) is 71.8 Å². The average Bonchev–Trinajstić information content (AvgIpc) is 3.35. The molecule has 0 aromatic carbocycles. The number of ether oxygens (including phenoxy) is 1. The largest absolute Gasteiger partial charge is 0.379 e. The van der Waals surface area contributed by atoms with E-state index in [0.717, 1.165) is 18.7 Å². The summed E-state index contributed by atoms with van der Waals surface area (Å²) in [6.45, 7) is 4.38. The molecular formula is C17H23N5O3S. The number of piperazine rings is 1. The lowest BCUT2D eigenvalue weighted by molar-refractivity contribution is 0.180. The molecule has 4 heterocycles. The first kappa shape index (κ1) is 17.6. The van der Waals surface area contributed by atoms with Crippen LogP contribution in [-0.2, 0) is 21.3 Å². The SMILES string of the molecule is O=S(=O)(c1cnn(C2CCOC2)c1)N1CCN(Cc2ccccn2)CC1. The zero-order chi connectivity index (χ0) is 18.0. The van der Waals surface area contributed by atoms with E-state index in [-0.39, 0.29) is 10.9 Å². The molecule has 2 aliphatic heterocycles. The number of aromatic nitrogens is 3. The third kappa shape index (κ3) is 3.66. The lowest BCUT2D eigenvalue weighted by atomic mass is 10.3. The van der Waals surface area contributed by atoms with Crippen LogP contribution in [0.15, 0.2) is 41.7 Å². The van der Waals surface area contributed by atoms with Crippen LogP contribution in [0.4, 0.5) is 0 Å². The van der Waals surface area contributed by atoms with Crippen LogP contribution in [0, 0.1) is 0 Å². The van der Waals surface area contributed by atoms with Gasteiger partial charge < -0.3 is 4.74 Å². The Morgan fingerprint density at radius 3 is 2.73 bits per heavy atom. The van der Waals surface area contributed by atoms with Gasteiger partial charge in [-0.3, -0.25) is 14.6 Å². The maximum Gasteiger partial charge on any atom is 0.246 e. The van der Waals surface area contributed by atoms with Gasteiger partial charge in [-0.05, 0) is 18.6 Å². The maximum atomic E-state index is 12.9. The first-order valence-electron chi connectivity index (χ1n) is 8.87. The number of rotatable bonds is 5. The highest BCUT2D eigenvalue weighted by Gasteiger charge is 2.30. The Balaban J connectivity index is 1.38. The van der Waals surface area contributed by atoms with Crippen molar-refractivity contribution < 1.29 is 13.2 Å². The fraction of sp³-hybridized carbons (Fsp3) is 0.529. The maximum absolute atomic E-state index is 12.9. The minimum Gasteiger partial charge on any atom is -0.379 e. The minimum atomic E-state index is -3.50. The van der Waals surface area contributed by atoms with E-state index in [2.05, 4.69) is 15.0 Å². The lowest BCUT2D eigenvalue weighted by Crippen LogP contribution is -2.48. The van der Waals surface area contributed by atoms with Crippen molar-refractivity contribution in [2.24, 2.45) is 0 Å². The van der Waals surface area contributed by atoms with E-state index >= 15 is 0 Å². The van der Waals surface area contributed by atoms with Crippen LogP contribution in [0.2, 0.25) is 0 Å². The van der Waals surface area contributed by atoms with Gasteiger partial charge in [-0.1, -0.05) is 6.07 Å². The van der Waals surface area contributed by atoms with Gasteiger partial charge >= 0.3 is 0 Å². The van der Waals surface area contributed by atoms with Gasteiger partial charge in [-0.15, -0.1) is 0 Å². The van der Waals surface area contributed by atoms with E-state index in [4.69, 9.17) is 4.74 Å². The molecule has 0 amide bonds. The number of hydrogen-bond acceptors (Lipinski definition) is 6. The molecular weight excluding hydrogens is 354 g/mol. The number of sulfonamides is 1. The summed E-state index contributed by atoms with van der Waals surface area (Å²) in [6.07, 6.45) is 5.74. The second kappa shape index (κ2) is 7.43. The molecule has 26 heavy (non-hydrogen) atoms. The molecule has 1 atom stereocenters. The Morgan fingerprint density at radius 1 is 1.19 bits per heavy atom. The van der Waals surface area contributed by atoms with E-state index in [1.54, 1.807) is 21.4 Å². The molecule has 0 N–H and O–H groups in total. The zero-order valence-electron chi connectivity index (χ0n) is 14.6. The average molecular weight is 377 g/mol. The topological polar surface area (TPSA) is 80.6 Å². The fourth-order valence-electron chi connectivity index (χ4n) is 3.38. The molecule has 2 aromatic rings. The van der Waals surface area contributed by atoms with Crippen LogP contribution in [0.3, 0.4) is 0 Å². The standard InChI is InChI=1S/C17H23N5O3S/c23-26(24,17-11-19-22(13-17)16-4-10-25-14-16)21-8-6-20(7-9-21)12-15-3-1-2-5-18-15/h1-3,5,11,13,16H,4,6-10,12,14H2.